The zero-order chi connectivity index (χ0) is 17.2. The Balaban J connectivity index is 3.39. The van der Waals surface area contributed by atoms with E-state index in [1.165, 1.54) is 57.8 Å². The lowest BCUT2D eigenvalue weighted by Gasteiger charge is -2.02. The quantitative estimate of drug-likeness (QED) is 0.247. The van der Waals surface area contributed by atoms with Crippen molar-refractivity contribution < 1.29 is 9.90 Å². The van der Waals surface area contributed by atoms with Crippen LogP contribution in [-0.4, -0.2) is 11.1 Å². The van der Waals surface area contributed by atoms with Crippen molar-refractivity contribution in [2.45, 2.75) is 97.3 Å². The second kappa shape index (κ2) is 17.3. The molecule has 134 valence electrons. The van der Waals surface area contributed by atoms with Gasteiger partial charge in [0.1, 0.15) is 0 Å². The van der Waals surface area contributed by atoms with E-state index in [0.29, 0.717) is 5.92 Å². The lowest BCUT2D eigenvalue weighted by Crippen LogP contribution is -1.92. The maximum atomic E-state index is 10.4. The molecular weight excluding hydrogens is 284 g/mol. The molecule has 0 spiro atoms. The van der Waals surface area contributed by atoms with Gasteiger partial charge in [0.15, 0.2) is 0 Å². The SMILES string of the molecule is CCCCCCCCCCC=CC(C)CC=CCCCC(=O)O. The van der Waals surface area contributed by atoms with Gasteiger partial charge >= 0.3 is 5.97 Å². The standard InChI is InChI=1S/C21H38O2/c1-3-4-5-6-7-8-9-10-11-14-17-20(2)18-15-12-13-16-19-21(22)23/h12,14-15,17,20H,3-11,13,16,18-19H2,1-2H3,(H,22,23). The van der Waals surface area contributed by atoms with E-state index in [2.05, 4.69) is 38.2 Å². The Morgan fingerprint density at radius 2 is 1.48 bits per heavy atom. The summed E-state index contributed by atoms with van der Waals surface area (Å²) in [6, 6.07) is 0. The number of carboxylic acid groups (broad SMARTS) is 1. The average molecular weight is 323 g/mol. The predicted molar refractivity (Wildman–Crippen MR) is 101 cm³/mol. The largest absolute Gasteiger partial charge is 0.481 e. The van der Waals surface area contributed by atoms with Gasteiger partial charge in [0.25, 0.3) is 0 Å². The summed E-state index contributed by atoms with van der Waals surface area (Å²) < 4.78 is 0. The Morgan fingerprint density at radius 1 is 0.870 bits per heavy atom. The minimum atomic E-state index is -0.698. The monoisotopic (exact) mass is 322 g/mol. The van der Waals surface area contributed by atoms with Crippen LogP contribution in [0.4, 0.5) is 0 Å². The molecule has 0 aliphatic heterocycles. The number of carbonyl (C=O) groups is 1. The van der Waals surface area contributed by atoms with Gasteiger partial charge in [-0.3, -0.25) is 4.79 Å². The molecule has 0 radical (unpaired) electrons. The molecule has 0 heterocycles. The first-order chi connectivity index (χ1) is 11.2. The first-order valence-electron chi connectivity index (χ1n) is 9.70. The molecule has 0 aliphatic rings. The predicted octanol–water partition coefficient (Wildman–Crippen LogP) is 6.91. The van der Waals surface area contributed by atoms with Gasteiger partial charge in [0.2, 0.25) is 0 Å². The minimum absolute atomic E-state index is 0.276. The number of hydrogen-bond acceptors (Lipinski definition) is 1. The molecule has 0 aromatic heterocycles. The molecule has 0 saturated carbocycles. The van der Waals surface area contributed by atoms with Crippen molar-refractivity contribution in [2.24, 2.45) is 5.92 Å². The van der Waals surface area contributed by atoms with Crippen LogP contribution in [0.15, 0.2) is 24.3 Å². The highest BCUT2D eigenvalue weighted by molar-refractivity contribution is 5.66. The molecule has 2 heteroatoms. The van der Waals surface area contributed by atoms with Crippen molar-refractivity contribution in [3.05, 3.63) is 24.3 Å². The molecule has 0 aromatic rings. The van der Waals surface area contributed by atoms with Gasteiger partial charge in [-0.05, 0) is 38.0 Å². The number of allylic oxidation sites excluding steroid dienone is 4. The van der Waals surface area contributed by atoms with Crippen LogP contribution in [0, 0.1) is 5.92 Å². The van der Waals surface area contributed by atoms with Crippen LogP contribution < -0.4 is 0 Å². The average Bonchev–Trinajstić information content (AvgIpc) is 2.52. The van der Waals surface area contributed by atoms with Crippen molar-refractivity contribution in [3.8, 4) is 0 Å². The lowest BCUT2D eigenvalue weighted by molar-refractivity contribution is -0.137. The highest BCUT2D eigenvalue weighted by Gasteiger charge is 1.95. The maximum absolute atomic E-state index is 10.4. The molecule has 1 unspecified atom stereocenters. The molecule has 1 atom stereocenters. The van der Waals surface area contributed by atoms with Crippen LogP contribution in [0.3, 0.4) is 0 Å². The zero-order valence-corrected chi connectivity index (χ0v) is 15.4. The summed E-state index contributed by atoms with van der Waals surface area (Å²) in [6.07, 6.45) is 24.2. The van der Waals surface area contributed by atoms with Crippen molar-refractivity contribution in [1.29, 1.82) is 0 Å². The van der Waals surface area contributed by atoms with Gasteiger partial charge in [-0.15, -0.1) is 0 Å². The second-order valence-corrected chi connectivity index (χ2v) is 6.66. The molecule has 0 saturated heterocycles. The maximum Gasteiger partial charge on any atom is 0.303 e. The van der Waals surface area contributed by atoms with E-state index < -0.39 is 5.97 Å². The number of unbranched alkanes of at least 4 members (excludes halogenated alkanes) is 9. The molecular formula is C21H38O2. The van der Waals surface area contributed by atoms with Crippen LogP contribution in [-0.2, 0) is 4.79 Å². The number of hydrogen-bond donors (Lipinski definition) is 1. The van der Waals surface area contributed by atoms with Gasteiger partial charge in [0, 0.05) is 6.42 Å². The molecule has 1 N–H and O–H groups in total. The fourth-order valence-electron chi connectivity index (χ4n) is 2.60. The van der Waals surface area contributed by atoms with Gasteiger partial charge in [-0.25, -0.2) is 0 Å². The number of rotatable bonds is 16. The third-order valence-corrected chi connectivity index (χ3v) is 4.12. The van der Waals surface area contributed by atoms with Gasteiger partial charge in [-0.2, -0.15) is 0 Å². The highest BCUT2D eigenvalue weighted by Crippen LogP contribution is 2.11. The van der Waals surface area contributed by atoms with Gasteiger partial charge < -0.3 is 5.11 Å². The van der Waals surface area contributed by atoms with Crippen molar-refractivity contribution in [3.63, 3.8) is 0 Å². The Kier molecular flexibility index (Phi) is 16.5. The Morgan fingerprint density at radius 3 is 2.13 bits per heavy atom. The van der Waals surface area contributed by atoms with Crippen LogP contribution in [0.5, 0.6) is 0 Å². The van der Waals surface area contributed by atoms with Crippen molar-refractivity contribution in [1.82, 2.24) is 0 Å². The summed E-state index contributed by atoms with van der Waals surface area (Å²) in [5, 5.41) is 8.55. The van der Waals surface area contributed by atoms with E-state index in [4.69, 9.17) is 5.11 Å². The summed E-state index contributed by atoms with van der Waals surface area (Å²) >= 11 is 0. The summed E-state index contributed by atoms with van der Waals surface area (Å²) in [7, 11) is 0. The molecule has 0 rings (SSSR count). The highest BCUT2D eigenvalue weighted by atomic mass is 16.4. The third-order valence-electron chi connectivity index (χ3n) is 4.12. The van der Waals surface area contributed by atoms with E-state index in [-0.39, 0.29) is 6.42 Å². The van der Waals surface area contributed by atoms with Crippen molar-refractivity contribution in [2.75, 3.05) is 0 Å². The van der Waals surface area contributed by atoms with Crippen LogP contribution in [0.2, 0.25) is 0 Å². The van der Waals surface area contributed by atoms with Gasteiger partial charge in [0.05, 0.1) is 0 Å². The van der Waals surface area contributed by atoms with E-state index >= 15 is 0 Å². The minimum Gasteiger partial charge on any atom is -0.481 e. The van der Waals surface area contributed by atoms with E-state index in [9.17, 15) is 4.79 Å². The Bertz CT molecular complexity index is 318. The smallest absolute Gasteiger partial charge is 0.303 e. The topological polar surface area (TPSA) is 37.3 Å². The first-order valence-corrected chi connectivity index (χ1v) is 9.70. The molecule has 0 amide bonds. The summed E-state index contributed by atoms with van der Waals surface area (Å²) in [6.45, 7) is 4.51. The first kappa shape index (κ1) is 21.9. The van der Waals surface area contributed by atoms with E-state index in [0.717, 1.165) is 19.3 Å². The van der Waals surface area contributed by atoms with Crippen LogP contribution in [0.25, 0.3) is 0 Å². The number of carboxylic acids is 1. The van der Waals surface area contributed by atoms with Crippen LogP contribution in [0.1, 0.15) is 97.3 Å². The van der Waals surface area contributed by atoms with Crippen LogP contribution >= 0.6 is 0 Å². The van der Waals surface area contributed by atoms with Crippen molar-refractivity contribution >= 4 is 5.97 Å². The normalized spacial score (nSPS) is 13.1. The lowest BCUT2D eigenvalue weighted by atomic mass is 10.0. The zero-order valence-electron chi connectivity index (χ0n) is 15.4. The molecule has 0 bridgehead atoms. The molecule has 0 aromatic carbocycles. The third kappa shape index (κ3) is 18.9. The molecule has 0 aliphatic carbocycles. The summed E-state index contributed by atoms with van der Waals surface area (Å²) in [5.74, 6) is -0.115. The molecule has 23 heavy (non-hydrogen) atoms. The van der Waals surface area contributed by atoms with Gasteiger partial charge in [-0.1, -0.05) is 83.1 Å². The van der Waals surface area contributed by atoms with E-state index in [1.807, 2.05) is 0 Å². The second-order valence-electron chi connectivity index (χ2n) is 6.66. The summed E-state index contributed by atoms with van der Waals surface area (Å²) in [5.41, 5.74) is 0. The number of aliphatic carboxylic acids is 1. The molecule has 0 fully saturated rings. The van der Waals surface area contributed by atoms with E-state index in [1.54, 1.807) is 0 Å². The fourth-order valence-corrected chi connectivity index (χ4v) is 2.60. The molecule has 2 nitrogen and oxygen atoms in total. The Labute approximate surface area is 144 Å². The Hall–Kier alpha value is -1.05. The summed E-state index contributed by atoms with van der Waals surface area (Å²) in [4.78, 5) is 10.4. The fraction of sp³-hybridized carbons (Fsp3) is 0.762.